The molecule has 0 saturated heterocycles. The molecular formula is C20H23FN2O6. The summed E-state index contributed by atoms with van der Waals surface area (Å²) in [5.74, 6) is -4.65. The van der Waals surface area contributed by atoms with Crippen molar-refractivity contribution >= 4 is 17.6 Å². The van der Waals surface area contributed by atoms with Crippen molar-refractivity contribution in [3.63, 3.8) is 0 Å². The number of benzene rings is 1. The van der Waals surface area contributed by atoms with E-state index in [9.17, 15) is 24.8 Å². The Hall–Kier alpha value is -3.23. The van der Waals surface area contributed by atoms with Crippen LogP contribution in [-0.2, 0) is 14.3 Å². The van der Waals surface area contributed by atoms with Gasteiger partial charge in [0.1, 0.15) is 0 Å². The molecule has 2 N–H and O–H groups in total. The standard InChI is InChI=1S/C20H23FN2O6/c1-4-7-12-16(19(24)25)15(11-9-6-10-14(18(11)21)23(27)28)17(20(26)29-3)13(22-12)8-5-2/h6,9-10,15,22H,4-5,7-8H2,1-3H3,(H,24,25). The maximum atomic E-state index is 15.1. The molecular weight excluding hydrogens is 383 g/mol. The largest absolute Gasteiger partial charge is 0.478 e. The van der Waals surface area contributed by atoms with E-state index in [-0.39, 0.29) is 16.7 Å². The predicted octanol–water partition coefficient (Wildman–Crippen LogP) is 3.79. The summed E-state index contributed by atoms with van der Waals surface area (Å²) in [6.07, 6.45) is 2.00. The quantitative estimate of drug-likeness (QED) is 0.383. The molecule has 0 aromatic heterocycles. The molecule has 8 nitrogen and oxygen atoms in total. The average Bonchev–Trinajstić information content (AvgIpc) is 2.67. The van der Waals surface area contributed by atoms with E-state index in [0.29, 0.717) is 37.1 Å². The molecule has 1 atom stereocenters. The number of esters is 1. The molecule has 1 aromatic rings. The van der Waals surface area contributed by atoms with Crippen molar-refractivity contribution < 1.29 is 28.7 Å². The number of carboxylic acid groups (broad SMARTS) is 1. The average molecular weight is 406 g/mol. The normalized spacial score (nSPS) is 16.5. The maximum Gasteiger partial charge on any atom is 0.336 e. The number of hydrogen-bond acceptors (Lipinski definition) is 6. The first-order chi connectivity index (χ1) is 13.8. The molecule has 1 unspecified atom stereocenters. The third kappa shape index (κ3) is 4.28. The molecule has 1 aliphatic rings. The second-order valence-corrected chi connectivity index (χ2v) is 6.58. The van der Waals surface area contributed by atoms with Crippen LogP contribution in [0.1, 0.15) is 51.0 Å². The Balaban J connectivity index is 2.88. The van der Waals surface area contributed by atoms with Crippen LogP contribution in [0.4, 0.5) is 10.1 Å². The zero-order valence-corrected chi connectivity index (χ0v) is 16.5. The fraction of sp³-hybridized carbons (Fsp3) is 0.400. The van der Waals surface area contributed by atoms with Gasteiger partial charge in [0.2, 0.25) is 5.82 Å². The minimum atomic E-state index is -1.34. The third-order valence-corrected chi connectivity index (χ3v) is 4.68. The zero-order valence-electron chi connectivity index (χ0n) is 16.5. The Labute approximate surface area is 167 Å². The molecule has 0 radical (unpaired) electrons. The Kier molecular flexibility index (Phi) is 7.08. The lowest BCUT2D eigenvalue weighted by Gasteiger charge is -2.32. The monoisotopic (exact) mass is 406 g/mol. The molecule has 29 heavy (non-hydrogen) atoms. The number of rotatable bonds is 8. The number of hydrogen-bond donors (Lipinski definition) is 2. The third-order valence-electron chi connectivity index (χ3n) is 4.68. The minimum Gasteiger partial charge on any atom is -0.478 e. The van der Waals surface area contributed by atoms with Crippen LogP contribution >= 0.6 is 0 Å². The zero-order chi connectivity index (χ0) is 21.7. The summed E-state index contributed by atoms with van der Waals surface area (Å²) >= 11 is 0. The Morgan fingerprint density at radius 2 is 1.79 bits per heavy atom. The van der Waals surface area contributed by atoms with Crippen LogP contribution in [0.25, 0.3) is 0 Å². The van der Waals surface area contributed by atoms with Gasteiger partial charge >= 0.3 is 17.6 Å². The van der Waals surface area contributed by atoms with Gasteiger partial charge in [0.15, 0.2) is 0 Å². The summed E-state index contributed by atoms with van der Waals surface area (Å²) in [7, 11) is 1.14. The highest BCUT2D eigenvalue weighted by Crippen LogP contribution is 2.42. The number of nitrogens with one attached hydrogen (secondary N) is 1. The van der Waals surface area contributed by atoms with Crippen LogP contribution in [-0.4, -0.2) is 29.1 Å². The number of allylic oxidation sites excluding steroid dienone is 2. The molecule has 1 heterocycles. The van der Waals surface area contributed by atoms with Gasteiger partial charge in [-0.15, -0.1) is 0 Å². The topological polar surface area (TPSA) is 119 Å². The van der Waals surface area contributed by atoms with Crippen molar-refractivity contribution in [1.82, 2.24) is 5.32 Å². The summed E-state index contributed by atoms with van der Waals surface area (Å²) < 4.78 is 19.9. The van der Waals surface area contributed by atoms with E-state index in [1.807, 2.05) is 13.8 Å². The van der Waals surface area contributed by atoms with Gasteiger partial charge in [-0.2, -0.15) is 4.39 Å². The first kappa shape index (κ1) is 22.1. The highest BCUT2D eigenvalue weighted by atomic mass is 19.1. The number of nitro benzene ring substituents is 1. The number of dihydropyridines is 1. The van der Waals surface area contributed by atoms with Gasteiger partial charge in [-0.1, -0.05) is 38.8 Å². The van der Waals surface area contributed by atoms with Crippen LogP contribution in [0.5, 0.6) is 0 Å². The fourth-order valence-electron chi connectivity index (χ4n) is 3.52. The Morgan fingerprint density at radius 3 is 2.28 bits per heavy atom. The number of halogens is 1. The maximum absolute atomic E-state index is 15.1. The van der Waals surface area contributed by atoms with E-state index in [2.05, 4.69) is 5.32 Å². The van der Waals surface area contributed by atoms with E-state index in [1.165, 1.54) is 12.1 Å². The number of ether oxygens (including phenoxy) is 1. The van der Waals surface area contributed by atoms with Crippen LogP contribution in [0.2, 0.25) is 0 Å². The lowest BCUT2D eigenvalue weighted by molar-refractivity contribution is -0.387. The van der Waals surface area contributed by atoms with E-state index >= 15 is 4.39 Å². The van der Waals surface area contributed by atoms with Crippen molar-refractivity contribution in [2.45, 2.75) is 45.4 Å². The predicted molar refractivity (Wildman–Crippen MR) is 102 cm³/mol. The molecule has 156 valence electrons. The molecule has 0 bridgehead atoms. The van der Waals surface area contributed by atoms with Crippen LogP contribution in [0.3, 0.4) is 0 Å². The number of carbonyl (C=O) groups is 2. The summed E-state index contributed by atoms with van der Waals surface area (Å²) in [5, 5.41) is 24.1. The van der Waals surface area contributed by atoms with Crippen LogP contribution in [0, 0.1) is 15.9 Å². The SMILES string of the molecule is CCCC1=C(C(=O)O)C(c2cccc([N+](=O)[O-])c2F)C(C(=O)OC)=C(CCC)N1. The van der Waals surface area contributed by atoms with E-state index in [1.54, 1.807) is 0 Å². The van der Waals surface area contributed by atoms with Crippen molar-refractivity contribution in [2.75, 3.05) is 7.11 Å². The van der Waals surface area contributed by atoms with Crippen molar-refractivity contribution in [1.29, 1.82) is 0 Å². The lowest BCUT2D eigenvalue weighted by atomic mass is 9.78. The van der Waals surface area contributed by atoms with E-state index < -0.39 is 34.3 Å². The highest BCUT2D eigenvalue weighted by Gasteiger charge is 2.41. The number of aliphatic carboxylic acids is 1. The van der Waals surface area contributed by atoms with Gasteiger partial charge in [0.05, 0.1) is 29.1 Å². The summed E-state index contributed by atoms with van der Waals surface area (Å²) in [5.41, 5.74) is -0.516. The number of carbonyl (C=O) groups excluding carboxylic acids is 1. The summed E-state index contributed by atoms with van der Waals surface area (Å²) in [6, 6.07) is 3.52. The van der Waals surface area contributed by atoms with Gasteiger partial charge in [-0.3, -0.25) is 10.1 Å². The second kappa shape index (κ2) is 9.31. The van der Waals surface area contributed by atoms with Crippen LogP contribution < -0.4 is 5.32 Å². The number of carboxylic acids is 1. The molecule has 1 aromatic carbocycles. The Bertz CT molecular complexity index is 906. The molecule has 0 aliphatic carbocycles. The Morgan fingerprint density at radius 1 is 1.21 bits per heavy atom. The fourth-order valence-corrected chi connectivity index (χ4v) is 3.52. The summed E-state index contributed by atoms with van der Waals surface area (Å²) in [4.78, 5) is 35.1. The minimum absolute atomic E-state index is 0.0500. The molecule has 0 fully saturated rings. The molecule has 0 amide bonds. The second-order valence-electron chi connectivity index (χ2n) is 6.58. The first-order valence-electron chi connectivity index (χ1n) is 9.25. The van der Waals surface area contributed by atoms with Gasteiger partial charge in [-0.25, -0.2) is 9.59 Å². The highest BCUT2D eigenvalue weighted by molar-refractivity contribution is 5.99. The van der Waals surface area contributed by atoms with Crippen molar-refractivity contribution in [3.05, 3.63) is 62.2 Å². The molecule has 9 heteroatoms. The lowest BCUT2D eigenvalue weighted by Crippen LogP contribution is -2.33. The van der Waals surface area contributed by atoms with Crippen molar-refractivity contribution in [2.24, 2.45) is 0 Å². The van der Waals surface area contributed by atoms with Crippen LogP contribution in [0.15, 0.2) is 40.7 Å². The number of nitro groups is 1. The number of methoxy groups -OCH3 is 1. The van der Waals surface area contributed by atoms with Gasteiger partial charge in [0.25, 0.3) is 0 Å². The van der Waals surface area contributed by atoms with Crippen molar-refractivity contribution in [3.8, 4) is 0 Å². The summed E-state index contributed by atoms with van der Waals surface area (Å²) in [6.45, 7) is 3.73. The van der Waals surface area contributed by atoms with E-state index in [0.717, 1.165) is 13.2 Å². The van der Waals surface area contributed by atoms with E-state index in [4.69, 9.17) is 4.74 Å². The molecule has 0 saturated carbocycles. The van der Waals surface area contributed by atoms with Gasteiger partial charge in [0, 0.05) is 23.0 Å². The van der Waals surface area contributed by atoms with Gasteiger partial charge < -0.3 is 15.2 Å². The number of nitrogens with zero attached hydrogens (tertiary/aromatic N) is 1. The smallest absolute Gasteiger partial charge is 0.336 e. The first-order valence-corrected chi connectivity index (χ1v) is 9.25. The molecule has 1 aliphatic heterocycles. The van der Waals surface area contributed by atoms with Gasteiger partial charge in [-0.05, 0) is 12.8 Å². The molecule has 2 rings (SSSR count). The molecule has 0 spiro atoms.